The Balaban J connectivity index is 1.44. The lowest BCUT2D eigenvalue weighted by atomic mass is 9.85. The van der Waals surface area contributed by atoms with Gasteiger partial charge >= 0.3 is 5.97 Å². The van der Waals surface area contributed by atoms with Crippen molar-refractivity contribution in [2.24, 2.45) is 0 Å². The predicted octanol–water partition coefficient (Wildman–Crippen LogP) is 5.52. The average molecular weight is 458 g/mol. The summed E-state index contributed by atoms with van der Waals surface area (Å²) >= 11 is 0. The molecule has 0 bridgehead atoms. The summed E-state index contributed by atoms with van der Waals surface area (Å²) in [5.74, 6) is 1.59. The van der Waals surface area contributed by atoms with E-state index in [1.165, 1.54) is 19.3 Å². The average Bonchev–Trinajstić information content (AvgIpc) is 3.36. The maximum absolute atomic E-state index is 11.7. The Labute approximate surface area is 197 Å². The highest BCUT2D eigenvalue weighted by Crippen LogP contribution is 2.44. The monoisotopic (exact) mass is 457 g/mol. The van der Waals surface area contributed by atoms with Crippen molar-refractivity contribution in [1.82, 2.24) is 14.0 Å². The molecule has 0 spiro atoms. The molecule has 34 heavy (non-hydrogen) atoms. The number of aromatic carboxylic acids is 1. The summed E-state index contributed by atoms with van der Waals surface area (Å²) in [6.45, 7) is 1.58. The summed E-state index contributed by atoms with van der Waals surface area (Å²) in [6, 6.07) is 16.1. The number of hydrogen-bond donors (Lipinski definition) is 1. The Morgan fingerprint density at radius 2 is 1.94 bits per heavy atom. The van der Waals surface area contributed by atoms with Crippen molar-refractivity contribution in [3.63, 3.8) is 0 Å². The van der Waals surface area contributed by atoms with Gasteiger partial charge in [-0.25, -0.2) is 9.78 Å². The van der Waals surface area contributed by atoms with Gasteiger partial charge in [0.1, 0.15) is 24.7 Å². The molecular weight excluding hydrogens is 430 g/mol. The van der Waals surface area contributed by atoms with Crippen LogP contribution in [0.25, 0.3) is 17.0 Å². The molecule has 1 fully saturated rings. The second kappa shape index (κ2) is 8.56. The van der Waals surface area contributed by atoms with Gasteiger partial charge in [-0.05, 0) is 30.5 Å². The number of fused-ring (bicyclic) bond motifs is 5. The Morgan fingerprint density at radius 1 is 1.12 bits per heavy atom. The first-order valence-electron chi connectivity index (χ1n) is 12.0. The third-order valence-electron chi connectivity index (χ3n) is 6.94. The molecule has 0 unspecified atom stereocenters. The molecule has 0 radical (unpaired) electrons. The minimum Gasteiger partial charge on any atom is -0.491 e. The first-order valence-corrected chi connectivity index (χ1v) is 12.0. The third kappa shape index (κ3) is 3.61. The second-order valence-corrected chi connectivity index (χ2v) is 9.10. The standard InChI is InChI=1S/C27H27N3O4/c31-26(32)22-16-30-24(19-9-5-2-6-10-19)25-21-12-11-20(34-17-18-7-3-1-4-8-18)15-23(21)33-14-13-29(25)27(30)28-22/h1,3-4,7-8,11-12,15-16,19H,2,5-6,9-10,13-14,17H2,(H,31,32). The Hall–Kier alpha value is -3.74. The fourth-order valence-corrected chi connectivity index (χ4v) is 5.35. The molecule has 1 N–H and O–H groups in total. The van der Waals surface area contributed by atoms with E-state index in [-0.39, 0.29) is 5.69 Å². The molecule has 7 heteroatoms. The van der Waals surface area contributed by atoms with E-state index in [1.54, 1.807) is 6.20 Å². The number of carboxylic acids is 1. The van der Waals surface area contributed by atoms with Gasteiger partial charge in [0.25, 0.3) is 0 Å². The summed E-state index contributed by atoms with van der Waals surface area (Å²) in [6.07, 6.45) is 7.50. The first-order chi connectivity index (χ1) is 16.7. The topological polar surface area (TPSA) is 78.0 Å². The number of aromatic nitrogens is 3. The van der Waals surface area contributed by atoms with E-state index in [0.717, 1.165) is 46.9 Å². The fraction of sp³-hybridized carbons (Fsp3) is 0.333. The van der Waals surface area contributed by atoms with E-state index < -0.39 is 5.97 Å². The van der Waals surface area contributed by atoms with Crippen molar-refractivity contribution in [2.45, 2.75) is 51.2 Å². The van der Waals surface area contributed by atoms with Gasteiger partial charge in [0, 0.05) is 23.7 Å². The van der Waals surface area contributed by atoms with Gasteiger partial charge in [-0.1, -0.05) is 49.6 Å². The fourth-order valence-electron chi connectivity index (χ4n) is 5.35. The summed E-state index contributed by atoms with van der Waals surface area (Å²) in [4.78, 5) is 16.2. The Bertz CT molecular complexity index is 1350. The second-order valence-electron chi connectivity index (χ2n) is 9.10. The molecule has 3 heterocycles. The van der Waals surface area contributed by atoms with E-state index in [0.29, 0.717) is 31.5 Å². The number of benzene rings is 2. The van der Waals surface area contributed by atoms with Gasteiger partial charge in [-0.2, -0.15) is 0 Å². The van der Waals surface area contributed by atoms with Crippen LogP contribution >= 0.6 is 0 Å². The van der Waals surface area contributed by atoms with Crippen LogP contribution in [0.1, 0.15) is 59.8 Å². The molecule has 0 saturated heterocycles. The minimum atomic E-state index is -1.00. The van der Waals surface area contributed by atoms with Crippen molar-refractivity contribution in [3.05, 3.63) is 71.7 Å². The van der Waals surface area contributed by atoms with Crippen molar-refractivity contribution < 1.29 is 19.4 Å². The van der Waals surface area contributed by atoms with E-state index in [4.69, 9.17) is 9.47 Å². The lowest BCUT2D eigenvalue weighted by molar-refractivity contribution is 0.0691. The SMILES string of the molecule is O=C(O)c1cn2c(C3CCCCC3)c3n(c2n1)CCOc1cc(OCc2ccccc2)ccc1-3. The highest BCUT2D eigenvalue weighted by atomic mass is 16.5. The van der Waals surface area contributed by atoms with Gasteiger partial charge in [0.2, 0.25) is 5.78 Å². The van der Waals surface area contributed by atoms with Gasteiger partial charge in [0.05, 0.1) is 17.9 Å². The third-order valence-corrected chi connectivity index (χ3v) is 6.94. The first kappa shape index (κ1) is 20.8. The quantitative estimate of drug-likeness (QED) is 0.427. The molecule has 2 aliphatic rings. The van der Waals surface area contributed by atoms with Gasteiger partial charge in [-0.15, -0.1) is 0 Å². The van der Waals surface area contributed by atoms with Crippen molar-refractivity contribution in [1.29, 1.82) is 0 Å². The molecule has 1 saturated carbocycles. The van der Waals surface area contributed by atoms with Crippen LogP contribution in [0.3, 0.4) is 0 Å². The summed E-state index contributed by atoms with van der Waals surface area (Å²) in [5, 5.41) is 9.56. The molecule has 174 valence electrons. The van der Waals surface area contributed by atoms with Crippen LogP contribution in [-0.2, 0) is 13.2 Å². The highest BCUT2D eigenvalue weighted by molar-refractivity contribution is 5.86. The smallest absolute Gasteiger partial charge is 0.356 e. The van der Waals surface area contributed by atoms with Gasteiger partial charge in [-0.3, -0.25) is 4.40 Å². The number of rotatable bonds is 5. The molecule has 0 amide bonds. The normalized spacial score (nSPS) is 15.9. The van der Waals surface area contributed by atoms with Gasteiger partial charge in [0.15, 0.2) is 5.69 Å². The maximum atomic E-state index is 11.7. The molecule has 4 aromatic rings. The lowest BCUT2D eigenvalue weighted by Crippen LogP contribution is -2.09. The van der Waals surface area contributed by atoms with Crippen molar-refractivity contribution >= 4 is 11.7 Å². The summed E-state index contributed by atoms with van der Waals surface area (Å²) in [5.41, 5.74) is 4.44. The number of carbonyl (C=O) groups is 1. The number of carboxylic acid groups (broad SMARTS) is 1. The van der Waals surface area contributed by atoms with E-state index in [2.05, 4.69) is 15.6 Å². The zero-order chi connectivity index (χ0) is 23.1. The maximum Gasteiger partial charge on any atom is 0.356 e. The predicted molar refractivity (Wildman–Crippen MR) is 128 cm³/mol. The largest absolute Gasteiger partial charge is 0.491 e. The zero-order valence-electron chi connectivity index (χ0n) is 18.9. The molecule has 1 aliphatic carbocycles. The van der Waals surface area contributed by atoms with Crippen molar-refractivity contribution in [3.8, 4) is 22.8 Å². The van der Waals surface area contributed by atoms with Crippen LogP contribution < -0.4 is 9.47 Å². The molecular formula is C27H27N3O4. The van der Waals surface area contributed by atoms with E-state index in [9.17, 15) is 9.90 Å². The van der Waals surface area contributed by atoms with E-state index in [1.807, 2.05) is 46.9 Å². The Morgan fingerprint density at radius 3 is 2.74 bits per heavy atom. The van der Waals surface area contributed by atoms with Crippen LogP contribution in [0.5, 0.6) is 11.5 Å². The van der Waals surface area contributed by atoms with Crippen LogP contribution in [0.15, 0.2) is 54.7 Å². The minimum absolute atomic E-state index is 0.0809. The molecule has 2 aromatic carbocycles. The molecule has 2 aromatic heterocycles. The van der Waals surface area contributed by atoms with Crippen LogP contribution in [0.2, 0.25) is 0 Å². The van der Waals surface area contributed by atoms with Crippen molar-refractivity contribution in [2.75, 3.05) is 6.61 Å². The zero-order valence-corrected chi connectivity index (χ0v) is 18.9. The van der Waals surface area contributed by atoms with Crippen LogP contribution in [-0.4, -0.2) is 31.6 Å². The number of imidazole rings is 2. The van der Waals surface area contributed by atoms with E-state index >= 15 is 0 Å². The van der Waals surface area contributed by atoms with Crippen LogP contribution in [0, 0.1) is 0 Å². The number of ether oxygens (including phenoxy) is 2. The highest BCUT2D eigenvalue weighted by Gasteiger charge is 2.31. The molecule has 7 nitrogen and oxygen atoms in total. The number of nitrogens with zero attached hydrogens (tertiary/aromatic N) is 3. The molecule has 1 aliphatic heterocycles. The Kier molecular flexibility index (Phi) is 5.24. The lowest BCUT2D eigenvalue weighted by Gasteiger charge is -2.23. The summed E-state index contributed by atoms with van der Waals surface area (Å²) in [7, 11) is 0. The summed E-state index contributed by atoms with van der Waals surface area (Å²) < 4.78 is 16.4. The molecule has 0 atom stereocenters. The number of hydrogen-bond acceptors (Lipinski definition) is 4. The van der Waals surface area contributed by atoms with Crippen LogP contribution in [0.4, 0.5) is 0 Å². The molecule has 6 rings (SSSR count). The van der Waals surface area contributed by atoms with Gasteiger partial charge < -0.3 is 19.1 Å².